The number of imidazole rings is 1. The average Bonchev–Trinajstić information content (AvgIpc) is 3.03. The van der Waals surface area contributed by atoms with Crippen LogP contribution in [0.15, 0.2) is 36.4 Å². The SMILES string of the molecule is CC1CC(C)CC(n2c(Nc3ccc(OC(F)(F)F)cc3)nc3cc(CC(C)(C)O)c(F)cc32)C1. The number of nitrogens with zero attached hydrogens (tertiary/aromatic N) is 2. The molecule has 0 bridgehead atoms. The summed E-state index contributed by atoms with van der Waals surface area (Å²) in [6.07, 6.45) is -1.67. The molecule has 35 heavy (non-hydrogen) atoms. The first-order chi connectivity index (χ1) is 16.3. The van der Waals surface area contributed by atoms with Gasteiger partial charge in [0, 0.05) is 24.2 Å². The van der Waals surface area contributed by atoms with Crippen LogP contribution in [0.25, 0.3) is 11.0 Å². The van der Waals surface area contributed by atoms with Gasteiger partial charge in [-0.15, -0.1) is 13.2 Å². The first kappa shape index (κ1) is 25.3. The molecule has 5 nitrogen and oxygen atoms in total. The lowest BCUT2D eigenvalue weighted by molar-refractivity contribution is -0.274. The van der Waals surface area contributed by atoms with E-state index in [1.807, 2.05) is 4.57 Å². The highest BCUT2D eigenvalue weighted by Crippen LogP contribution is 2.40. The molecule has 0 spiro atoms. The second-order valence-corrected chi connectivity index (χ2v) is 10.5. The topological polar surface area (TPSA) is 59.3 Å². The molecular weight excluding hydrogens is 462 g/mol. The molecular formula is C26H31F4N3O2. The predicted octanol–water partition coefficient (Wildman–Crippen LogP) is 7.13. The molecule has 1 aromatic heterocycles. The number of alkyl halides is 3. The molecule has 190 valence electrons. The van der Waals surface area contributed by atoms with Crippen molar-refractivity contribution in [1.29, 1.82) is 0 Å². The van der Waals surface area contributed by atoms with E-state index >= 15 is 4.39 Å². The number of nitrogens with one attached hydrogen (secondary N) is 1. The molecule has 1 fully saturated rings. The summed E-state index contributed by atoms with van der Waals surface area (Å²) in [7, 11) is 0. The predicted molar refractivity (Wildman–Crippen MR) is 127 cm³/mol. The third-order valence-electron chi connectivity index (χ3n) is 6.34. The number of fused-ring (bicyclic) bond motifs is 1. The Morgan fingerprint density at radius 3 is 2.26 bits per heavy atom. The van der Waals surface area contributed by atoms with Crippen LogP contribution in [0.3, 0.4) is 0 Å². The Kier molecular flexibility index (Phi) is 6.74. The highest BCUT2D eigenvalue weighted by atomic mass is 19.4. The van der Waals surface area contributed by atoms with Gasteiger partial charge < -0.3 is 19.7 Å². The van der Waals surface area contributed by atoms with Crippen molar-refractivity contribution < 1.29 is 27.4 Å². The van der Waals surface area contributed by atoms with Crippen molar-refractivity contribution in [1.82, 2.24) is 9.55 Å². The lowest BCUT2D eigenvalue weighted by atomic mass is 9.80. The Hall–Kier alpha value is -2.81. The third kappa shape index (κ3) is 6.25. The van der Waals surface area contributed by atoms with Crippen LogP contribution >= 0.6 is 0 Å². The molecule has 9 heteroatoms. The van der Waals surface area contributed by atoms with Gasteiger partial charge in [-0.05, 0) is 80.8 Å². The molecule has 1 saturated carbocycles. The van der Waals surface area contributed by atoms with E-state index in [9.17, 15) is 18.3 Å². The number of ether oxygens (including phenoxy) is 1. The van der Waals surface area contributed by atoms with Crippen LogP contribution < -0.4 is 10.1 Å². The van der Waals surface area contributed by atoms with Crippen LogP contribution in [-0.4, -0.2) is 26.6 Å². The minimum atomic E-state index is -4.76. The molecule has 2 N–H and O–H groups in total. The van der Waals surface area contributed by atoms with Crippen molar-refractivity contribution in [2.75, 3.05) is 5.32 Å². The first-order valence-corrected chi connectivity index (χ1v) is 11.8. The molecule has 0 saturated heterocycles. The monoisotopic (exact) mass is 493 g/mol. The van der Waals surface area contributed by atoms with Gasteiger partial charge in [-0.1, -0.05) is 13.8 Å². The Bertz CT molecular complexity index is 1170. The Morgan fingerprint density at radius 1 is 1.06 bits per heavy atom. The fourth-order valence-electron chi connectivity index (χ4n) is 5.20. The summed E-state index contributed by atoms with van der Waals surface area (Å²) in [6, 6.07) is 8.66. The quantitative estimate of drug-likeness (QED) is 0.359. The van der Waals surface area contributed by atoms with E-state index in [0.717, 1.165) is 19.3 Å². The van der Waals surface area contributed by atoms with Crippen LogP contribution in [0.2, 0.25) is 0 Å². The van der Waals surface area contributed by atoms with Crippen LogP contribution in [0.5, 0.6) is 5.75 Å². The lowest BCUT2D eigenvalue weighted by Crippen LogP contribution is -2.24. The van der Waals surface area contributed by atoms with Gasteiger partial charge in [0.25, 0.3) is 0 Å². The summed E-state index contributed by atoms with van der Waals surface area (Å²) in [5, 5.41) is 13.4. The number of hydrogen-bond donors (Lipinski definition) is 2. The number of anilines is 2. The van der Waals surface area contributed by atoms with Crippen LogP contribution in [-0.2, 0) is 6.42 Å². The number of aromatic nitrogens is 2. The lowest BCUT2D eigenvalue weighted by Gasteiger charge is -2.33. The fourth-order valence-corrected chi connectivity index (χ4v) is 5.20. The molecule has 0 amide bonds. The third-order valence-corrected chi connectivity index (χ3v) is 6.34. The minimum Gasteiger partial charge on any atom is -0.406 e. The molecule has 2 atom stereocenters. The molecule has 0 radical (unpaired) electrons. The molecule has 1 aliphatic carbocycles. The van der Waals surface area contributed by atoms with Crippen molar-refractivity contribution in [3.63, 3.8) is 0 Å². The normalized spacial score (nSPS) is 21.3. The van der Waals surface area contributed by atoms with Crippen LogP contribution in [0.1, 0.15) is 58.6 Å². The first-order valence-electron chi connectivity index (χ1n) is 11.8. The summed E-state index contributed by atoms with van der Waals surface area (Å²) >= 11 is 0. The number of hydrogen-bond acceptors (Lipinski definition) is 4. The van der Waals surface area contributed by atoms with E-state index in [-0.39, 0.29) is 18.2 Å². The van der Waals surface area contributed by atoms with Gasteiger partial charge in [0.15, 0.2) is 0 Å². The van der Waals surface area contributed by atoms with Gasteiger partial charge in [0.1, 0.15) is 11.6 Å². The average molecular weight is 494 g/mol. The van der Waals surface area contributed by atoms with Crippen molar-refractivity contribution in [2.45, 2.75) is 71.4 Å². The Labute approximate surface area is 202 Å². The maximum atomic E-state index is 15.1. The summed E-state index contributed by atoms with van der Waals surface area (Å²) in [6.45, 7) is 7.66. The largest absolute Gasteiger partial charge is 0.573 e. The van der Waals surface area contributed by atoms with E-state index in [1.54, 1.807) is 19.9 Å². The van der Waals surface area contributed by atoms with Crippen LogP contribution in [0, 0.1) is 17.7 Å². The fraction of sp³-hybridized carbons (Fsp3) is 0.500. The summed E-state index contributed by atoms with van der Waals surface area (Å²) < 4.78 is 58.6. The van der Waals surface area contributed by atoms with Gasteiger partial charge in [0.05, 0.1) is 16.6 Å². The zero-order valence-corrected chi connectivity index (χ0v) is 20.3. The molecule has 1 aliphatic rings. The number of rotatable bonds is 6. The summed E-state index contributed by atoms with van der Waals surface area (Å²) in [4.78, 5) is 4.74. The van der Waals surface area contributed by atoms with E-state index in [1.165, 1.54) is 30.3 Å². The Balaban J connectivity index is 1.74. The van der Waals surface area contributed by atoms with Gasteiger partial charge >= 0.3 is 6.36 Å². The van der Waals surface area contributed by atoms with Gasteiger partial charge in [-0.2, -0.15) is 0 Å². The van der Waals surface area contributed by atoms with Crippen molar-refractivity contribution >= 4 is 22.7 Å². The molecule has 2 unspecified atom stereocenters. The molecule has 4 rings (SSSR count). The van der Waals surface area contributed by atoms with Crippen molar-refractivity contribution in [3.8, 4) is 5.75 Å². The smallest absolute Gasteiger partial charge is 0.406 e. The number of halogens is 4. The van der Waals surface area contributed by atoms with E-state index in [4.69, 9.17) is 4.98 Å². The van der Waals surface area contributed by atoms with E-state index in [2.05, 4.69) is 23.9 Å². The maximum Gasteiger partial charge on any atom is 0.573 e. The van der Waals surface area contributed by atoms with E-state index in [0.29, 0.717) is 40.1 Å². The number of aliphatic hydroxyl groups is 1. The minimum absolute atomic E-state index is 0.0913. The van der Waals surface area contributed by atoms with Gasteiger partial charge in [-0.25, -0.2) is 9.37 Å². The molecule has 3 aromatic rings. The second kappa shape index (κ2) is 9.33. The summed E-state index contributed by atoms with van der Waals surface area (Å²) in [5.41, 5.74) is 1.07. The van der Waals surface area contributed by atoms with Crippen LogP contribution in [0.4, 0.5) is 29.2 Å². The zero-order valence-electron chi connectivity index (χ0n) is 20.3. The van der Waals surface area contributed by atoms with Gasteiger partial charge in [-0.3, -0.25) is 0 Å². The molecule has 1 heterocycles. The highest BCUT2D eigenvalue weighted by molar-refractivity contribution is 5.81. The Morgan fingerprint density at radius 2 is 1.69 bits per heavy atom. The van der Waals surface area contributed by atoms with Crippen molar-refractivity contribution in [2.24, 2.45) is 11.8 Å². The standard InChI is InChI=1S/C26H31F4N3O2/c1-15-9-16(2)11-19(10-15)33-23-13-21(27)17(14-25(3,4)34)12-22(23)32-24(33)31-18-5-7-20(8-6-18)35-26(28,29)30/h5-8,12-13,15-16,19,34H,9-11,14H2,1-4H3,(H,31,32). The second-order valence-electron chi connectivity index (χ2n) is 10.5. The zero-order chi connectivity index (χ0) is 25.5. The number of benzene rings is 2. The van der Waals surface area contributed by atoms with Gasteiger partial charge in [0.2, 0.25) is 5.95 Å². The maximum absolute atomic E-state index is 15.1. The highest BCUT2D eigenvalue weighted by Gasteiger charge is 2.31. The molecule has 2 aromatic carbocycles. The molecule has 0 aliphatic heterocycles. The van der Waals surface area contributed by atoms with E-state index < -0.39 is 17.8 Å². The summed E-state index contributed by atoms with van der Waals surface area (Å²) in [5.74, 6) is 0.762. The van der Waals surface area contributed by atoms with Crippen molar-refractivity contribution in [3.05, 3.63) is 47.8 Å².